The molecule has 0 aliphatic carbocycles. The Kier molecular flexibility index (Phi) is 2.10. The van der Waals surface area contributed by atoms with Crippen molar-refractivity contribution < 1.29 is 9.53 Å². The van der Waals surface area contributed by atoms with Crippen LogP contribution in [-0.4, -0.2) is 5.97 Å². The lowest BCUT2D eigenvalue weighted by atomic mass is 10.1. The molecule has 14 heavy (non-hydrogen) atoms. The molecule has 0 radical (unpaired) electrons. The van der Waals surface area contributed by atoms with Gasteiger partial charge in [-0.25, -0.2) is 4.79 Å². The highest BCUT2D eigenvalue weighted by atomic mass is 16.5. The first-order valence-corrected chi connectivity index (χ1v) is 4.12. The average Bonchev–Trinajstić information content (AvgIpc) is 2.61. The van der Waals surface area contributed by atoms with E-state index in [1.165, 1.54) is 6.08 Å². The van der Waals surface area contributed by atoms with Crippen LogP contribution in [0.1, 0.15) is 11.7 Å². The van der Waals surface area contributed by atoms with E-state index in [9.17, 15) is 9.70 Å². The first kappa shape index (κ1) is 8.62. The van der Waals surface area contributed by atoms with Gasteiger partial charge < -0.3 is 4.74 Å². The molecule has 0 N–H and O–H groups in total. The topological polar surface area (TPSA) is 55.7 Å². The molecule has 1 aromatic carbocycles. The number of hydrogen-bond donors (Lipinski definition) is 0. The van der Waals surface area contributed by atoms with E-state index in [2.05, 4.69) is 5.18 Å². The zero-order valence-electron chi connectivity index (χ0n) is 7.21. The van der Waals surface area contributed by atoms with Crippen molar-refractivity contribution >= 4 is 5.97 Å². The van der Waals surface area contributed by atoms with Gasteiger partial charge in [0.2, 0.25) is 0 Å². The Labute approximate surface area is 80.2 Å². The molecule has 0 bridgehead atoms. The minimum atomic E-state index is -0.658. The van der Waals surface area contributed by atoms with Crippen molar-refractivity contribution in [1.82, 2.24) is 0 Å². The molecule has 0 amide bonds. The number of nitrogens with zero attached hydrogens (tertiary/aromatic N) is 1. The molecule has 0 saturated heterocycles. The minimum absolute atomic E-state index is 0.154. The lowest BCUT2D eigenvalue weighted by molar-refractivity contribution is -0.139. The fourth-order valence-corrected chi connectivity index (χ4v) is 1.30. The van der Waals surface area contributed by atoms with Gasteiger partial charge in [-0.3, -0.25) is 0 Å². The van der Waals surface area contributed by atoms with E-state index >= 15 is 0 Å². The summed E-state index contributed by atoms with van der Waals surface area (Å²) in [5.74, 6) is -0.658. The van der Waals surface area contributed by atoms with Crippen LogP contribution in [0.15, 0.2) is 47.3 Å². The van der Waals surface area contributed by atoms with Gasteiger partial charge in [-0.15, -0.1) is 4.91 Å². The number of benzene rings is 1. The predicted molar refractivity (Wildman–Crippen MR) is 49.2 cm³/mol. The molecule has 2 rings (SSSR count). The monoisotopic (exact) mass is 189 g/mol. The lowest BCUT2D eigenvalue weighted by Crippen LogP contribution is -2.01. The summed E-state index contributed by atoms with van der Waals surface area (Å²) in [6.07, 6.45) is 0.946. The van der Waals surface area contributed by atoms with Crippen molar-refractivity contribution in [2.24, 2.45) is 5.18 Å². The number of carbonyl (C=O) groups is 1. The van der Waals surface area contributed by atoms with Crippen LogP contribution in [0, 0.1) is 4.91 Å². The van der Waals surface area contributed by atoms with Gasteiger partial charge >= 0.3 is 5.97 Å². The van der Waals surface area contributed by atoms with Crippen LogP contribution < -0.4 is 0 Å². The number of nitroso groups, excluding NO2 is 1. The number of esters is 1. The Morgan fingerprint density at radius 3 is 2.50 bits per heavy atom. The van der Waals surface area contributed by atoms with Crippen molar-refractivity contribution in [1.29, 1.82) is 0 Å². The second-order valence-corrected chi connectivity index (χ2v) is 2.88. The summed E-state index contributed by atoms with van der Waals surface area (Å²) in [5, 5.41) is 2.58. The first-order valence-electron chi connectivity index (χ1n) is 4.12. The molecule has 1 aromatic rings. The first-order chi connectivity index (χ1) is 6.81. The van der Waals surface area contributed by atoms with E-state index in [0.29, 0.717) is 0 Å². The van der Waals surface area contributed by atoms with Crippen LogP contribution in [0.4, 0.5) is 0 Å². The molecule has 1 atom stereocenters. The van der Waals surface area contributed by atoms with Gasteiger partial charge in [0.25, 0.3) is 0 Å². The summed E-state index contributed by atoms with van der Waals surface area (Å²) in [6, 6.07) is 9.18. The smallest absolute Gasteiger partial charge is 0.361 e. The summed E-state index contributed by atoms with van der Waals surface area (Å²) in [7, 11) is 0. The van der Waals surface area contributed by atoms with Crippen LogP contribution >= 0.6 is 0 Å². The van der Waals surface area contributed by atoms with E-state index < -0.39 is 12.1 Å². The second-order valence-electron chi connectivity index (χ2n) is 2.88. The fraction of sp³-hybridized carbons (Fsp3) is 0.100. The quantitative estimate of drug-likeness (QED) is 0.527. The second kappa shape index (κ2) is 3.41. The van der Waals surface area contributed by atoms with Crippen LogP contribution in [0.3, 0.4) is 0 Å². The predicted octanol–water partition coefficient (Wildman–Crippen LogP) is 1.93. The molecule has 0 saturated carbocycles. The van der Waals surface area contributed by atoms with Crippen molar-refractivity contribution in [2.45, 2.75) is 6.10 Å². The van der Waals surface area contributed by atoms with Crippen LogP contribution in [0.2, 0.25) is 0 Å². The van der Waals surface area contributed by atoms with E-state index in [1.54, 1.807) is 0 Å². The zero-order chi connectivity index (χ0) is 9.97. The van der Waals surface area contributed by atoms with E-state index in [1.807, 2.05) is 30.3 Å². The molecule has 4 nitrogen and oxygen atoms in total. The maximum absolute atomic E-state index is 11.0. The number of carbonyl (C=O) groups excluding carboxylic acids is 1. The van der Waals surface area contributed by atoms with Gasteiger partial charge in [-0.2, -0.15) is 0 Å². The summed E-state index contributed by atoms with van der Waals surface area (Å²) < 4.78 is 4.93. The normalized spacial score (nSPS) is 20.1. The third kappa shape index (κ3) is 1.42. The van der Waals surface area contributed by atoms with Crippen molar-refractivity contribution in [3.63, 3.8) is 0 Å². The molecule has 4 heteroatoms. The average molecular weight is 189 g/mol. The third-order valence-electron chi connectivity index (χ3n) is 1.98. The Bertz CT molecular complexity index is 397. The SMILES string of the molecule is O=NC1=CC(c2ccccc2)OC1=O. The van der Waals surface area contributed by atoms with E-state index in [4.69, 9.17) is 4.74 Å². The number of rotatable bonds is 2. The Morgan fingerprint density at radius 2 is 1.93 bits per heavy atom. The molecule has 0 fully saturated rings. The van der Waals surface area contributed by atoms with Crippen molar-refractivity contribution in [2.75, 3.05) is 0 Å². The van der Waals surface area contributed by atoms with Crippen LogP contribution in [-0.2, 0) is 9.53 Å². The molecule has 0 spiro atoms. The summed E-state index contributed by atoms with van der Waals surface area (Å²) in [6.45, 7) is 0. The number of ether oxygens (including phenoxy) is 1. The molecule has 1 aliphatic rings. The Hall–Kier alpha value is -1.97. The Morgan fingerprint density at radius 1 is 1.21 bits per heavy atom. The van der Waals surface area contributed by atoms with Gasteiger partial charge in [-0.05, 0) is 16.8 Å². The van der Waals surface area contributed by atoms with Gasteiger partial charge in [-0.1, -0.05) is 30.3 Å². The highest BCUT2D eigenvalue weighted by Gasteiger charge is 2.27. The minimum Gasteiger partial charge on any atom is -0.448 e. The standard InChI is InChI=1S/C10H7NO3/c12-10-8(11-13)6-9(14-10)7-4-2-1-3-5-7/h1-6,9H. The lowest BCUT2D eigenvalue weighted by Gasteiger charge is -2.06. The largest absolute Gasteiger partial charge is 0.448 e. The molecule has 1 aliphatic heterocycles. The third-order valence-corrected chi connectivity index (χ3v) is 1.98. The molecule has 0 aromatic heterocycles. The maximum Gasteiger partial charge on any atom is 0.361 e. The van der Waals surface area contributed by atoms with Gasteiger partial charge in [0.15, 0.2) is 5.70 Å². The van der Waals surface area contributed by atoms with Crippen molar-refractivity contribution in [3.05, 3.63) is 52.6 Å². The number of cyclic esters (lactones) is 1. The molecule has 1 unspecified atom stereocenters. The van der Waals surface area contributed by atoms with Gasteiger partial charge in [0, 0.05) is 0 Å². The Balaban J connectivity index is 2.28. The van der Waals surface area contributed by atoms with E-state index in [-0.39, 0.29) is 5.70 Å². The summed E-state index contributed by atoms with van der Waals surface area (Å²) in [5.41, 5.74) is 0.679. The van der Waals surface area contributed by atoms with Gasteiger partial charge in [0.1, 0.15) is 6.10 Å². The summed E-state index contributed by atoms with van der Waals surface area (Å²) in [4.78, 5) is 21.2. The fourth-order valence-electron chi connectivity index (χ4n) is 1.30. The highest BCUT2D eigenvalue weighted by molar-refractivity contribution is 5.90. The van der Waals surface area contributed by atoms with Crippen LogP contribution in [0.25, 0.3) is 0 Å². The molecule has 1 heterocycles. The maximum atomic E-state index is 11.0. The van der Waals surface area contributed by atoms with Gasteiger partial charge in [0.05, 0.1) is 0 Å². The van der Waals surface area contributed by atoms with E-state index in [0.717, 1.165) is 5.56 Å². The number of hydrogen-bond acceptors (Lipinski definition) is 4. The van der Waals surface area contributed by atoms with Crippen LogP contribution in [0.5, 0.6) is 0 Å². The highest BCUT2D eigenvalue weighted by Crippen LogP contribution is 2.27. The summed E-state index contributed by atoms with van der Waals surface area (Å²) >= 11 is 0. The molecular formula is C10H7NO3. The zero-order valence-corrected chi connectivity index (χ0v) is 7.21. The molecule has 70 valence electrons. The molecular weight excluding hydrogens is 182 g/mol. The van der Waals surface area contributed by atoms with Crippen molar-refractivity contribution in [3.8, 4) is 0 Å².